The molecule has 0 bridgehead atoms. The second-order valence-electron chi connectivity index (χ2n) is 4.35. The van der Waals surface area contributed by atoms with Crippen LogP contribution in [-0.4, -0.2) is 76.5 Å². The zero-order valence-electron chi connectivity index (χ0n) is 11.5. The van der Waals surface area contributed by atoms with Gasteiger partial charge in [-0.15, -0.1) is 0 Å². The van der Waals surface area contributed by atoms with Crippen LogP contribution < -0.4 is 5.32 Å². The largest absolute Gasteiger partial charge is 0.469 e. The predicted molar refractivity (Wildman–Crippen MR) is 67.7 cm³/mol. The highest BCUT2D eigenvalue weighted by molar-refractivity contribution is 5.78. The number of amides is 1. The SMILES string of the molecule is COCCNC(=O)CN1CCOC(CC(=O)OC)C1. The second-order valence-corrected chi connectivity index (χ2v) is 4.35. The van der Waals surface area contributed by atoms with Crippen LogP contribution in [0.25, 0.3) is 0 Å². The van der Waals surface area contributed by atoms with Gasteiger partial charge in [0.05, 0.1) is 39.4 Å². The Labute approximate surface area is 113 Å². The van der Waals surface area contributed by atoms with Crippen LogP contribution >= 0.6 is 0 Å². The van der Waals surface area contributed by atoms with E-state index in [4.69, 9.17) is 9.47 Å². The fraction of sp³-hybridized carbons (Fsp3) is 0.833. The van der Waals surface area contributed by atoms with Gasteiger partial charge in [-0.1, -0.05) is 0 Å². The molecule has 0 aromatic heterocycles. The van der Waals surface area contributed by atoms with Gasteiger partial charge in [-0.25, -0.2) is 0 Å². The average molecular weight is 274 g/mol. The topological polar surface area (TPSA) is 77.1 Å². The minimum atomic E-state index is -0.295. The highest BCUT2D eigenvalue weighted by Gasteiger charge is 2.24. The lowest BCUT2D eigenvalue weighted by Gasteiger charge is -2.31. The van der Waals surface area contributed by atoms with Gasteiger partial charge in [0.2, 0.25) is 5.91 Å². The molecular weight excluding hydrogens is 252 g/mol. The fourth-order valence-electron chi connectivity index (χ4n) is 1.87. The number of ether oxygens (including phenoxy) is 3. The number of methoxy groups -OCH3 is 2. The minimum absolute atomic E-state index is 0.0456. The van der Waals surface area contributed by atoms with Gasteiger partial charge < -0.3 is 19.5 Å². The van der Waals surface area contributed by atoms with Gasteiger partial charge in [-0.3, -0.25) is 14.5 Å². The standard InChI is InChI=1S/C12H22N2O5/c1-17-5-3-13-11(15)9-14-4-6-19-10(8-14)7-12(16)18-2/h10H,3-9H2,1-2H3,(H,13,15). The summed E-state index contributed by atoms with van der Waals surface area (Å²) in [5.41, 5.74) is 0. The monoisotopic (exact) mass is 274 g/mol. The van der Waals surface area contributed by atoms with Crippen molar-refractivity contribution in [2.24, 2.45) is 0 Å². The molecule has 1 N–H and O–H groups in total. The highest BCUT2D eigenvalue weighted by Crippen LogP contribution is 2.08. The molecule has 1 rings (SSSR count). The lowest BCUT2D eigenvalue weighted by Crippen LogP contribution is -2.47. The Morgan fingerprint density at radius 3 is 2.89 bits per heavy atom. The molecule has 1 saturated heterocycles. The van der Waals surface area contributed by atoms with E-state index in [1.165, 1.54) is 7.11 Å². The van der Waals surface area contributed by atoms with Crippen molar-refractivity contribution in [3.63, 3.8) is 0 Å². The molecule has 0 aromatic carbocycles. The maximum Gasteiger partial charge on any atom is 0.308 e. The zero-order chi connectivity index (χ0) is 14.1. The van der Waals surface area contributed by atoms with Crippen LogP contribution in [0.3, 0.4) is 0 Å². The van der Waals surface area contributed by atoms with Crippen LogP contribution in [0.1, 0.15) is 6.42 Å². The summed E-state index contributed by atoms with van der Waals surface area (Å²) in [6.07, 6.45) is 0.0196. The summed E-state index contributed by atoms with van der Waals surface area (Å²) < 4.78 is 14.9. The van der Waals surface area contributed by atoms with E-state index in [0.717, 1.165) is 0 Å². The first-order valence-corrected chi connectivity index (χ1v) is 6.32. The van der Waals surface area contributed by atoms with E-state index in [1.807, 2.05) is 4.90 Å². The fourth-order valence-corrected chi connectivity index (χ4v) is 1.87. The zero-order valence-corrected chi connectivity index (χ0v) is 11.5. The summed E-state index contributed by atoms with van der Waals surface area (Å²) in [6.45, 7) is 3.09. The number of hydrogen-bond donors (Lipinski definition) is 1. The summed E-state index contributed by atoms with van der Waals surface area (Å²) in [6, 6.07) is 0. The van der Waals surface area contributed by atoms with E-state index in [2.05, 4.69) is 10.1 Å². The third-order valence-corrected chi connectivity index (χ3v) is 2.84. The Balaban J connectivity index is 2.26. The second kappa shape index (κ2) is 8.84. The molecule has 0 spiro atoms. The summed E-state index contributed by atoms with van der Waals surface area (Å²) >= 11 is 0. The average Bonchev–Trinajstić information content (AvgIpc) is 2.39. The Bertz CT molecular complexity index is 298. The lowest BCUT2D eigenvalue weighted by molar-refractivity contribution is -0.145. The first kappa shape index (κ1) is 15.9. The number of nitrogens with zero attached hydrogens (tertiary/aromatic N) is 1. The van der Waals surface area contributed by atoms with Crippen molar-refractivity contribution in [3.05, 3.63) is 0 Å². The molecule has 7 nitrogen and oxygen atoms in total. The minimum Gasteiger partial charge on any atom is -0.469 e. The van der Waals surface area contributed by atoms with Gasteiger partial charge in [0.1, 0.15) is 0 Å². The van der Waals surface area contributed by atoms with Crippen LogP contribution in [0.4, 0.5) is 0 Å². The third kappa shape index (κ3) is 6.51. The lowest BCUT2D eigenvalue weighted by atomic mass is 10.2. The number of esters is 1. The Morgan fingerprint density at radius 1 is 1.42 bits per heavy atom. The number of nitrogens with one attached hydrogen (secondary N) is 1. The highest BCUT2D eigenvalue weighted by atomic mass is 16.5. The van der Waals surface area contributed by atoms with Crippen LogP contribution in [-0.2, 0) is 23.8 Å². The maximum atomic E-state index is 11.6. The molecule has 1 aliphatic rings. The van der Waals surface area contributed by atoms with E-state index in [0.29, 0.717) is 39.4 Å². The van der Waals surface area contributed by atoms with Gasteiger partial charge in [0.25, 0.3) is 0 Å². The van der Waals surface area contributed by atoms with E-state index in [1.54, 1.807) is 7.11 Å². The number of carbonyl (C=O) groups excluding carboxylic acids is 2. The van der Waals surface area contributed by atoms with Gasteiger partial charge in [-0.2, -0.15) is 0 Å². The Kier molecular flexibility index (Phi) is 7.39. The van der Waals surface area contributed by atoms with Gasteiger partial charge >= 0.3 is 5.97 Å². The quantitative estimate of drug-likeness (QED) is 0.474. The van der Waals surface area contributed by atoms with Crippen molar-refractivity contribution in [1.82, 2.24) is 10.2 Å². The maximum absolute atomic E-state index is 11.6. The first-order valence-electron chi connectivity index (χ1n) is 6.32. The molecule has 0 saturated carbocycles. The van der Waals surface area contributed by atoms with Crippen molar-refractivity contribution in [2.75, 3.05) is 53.6 Å². The predicted octanol–water partition coefficient (Wildman–Crippen LogP) is -0.987. The Morgan fingerprint density at radius 2 is 2.21 bits per heavy atom. The molecule has 0 radical (unpaired) electrons. The molecule has 1 amide bonds. The van der Waals surface area contributed by atoms with Crippen LogP contribution in [0, 0.1) is 0 Å². The molecule has 1 atom stereocenters. The number of rotatable bonds is 7. The summed E-state index contributed by atoms with van der Waals surface area (Å²) in [5, 5.41) is 2.76. The van der Waals surface area contributed by atoms with E-state index in [9.17, 15) is 9.59 Å². The molecule has 7 heteroatoms. The van der Waals surface area contributed by atoms with Crippen LogP contribution in [0.2, 0.25) is 0 Å². The van der Waals surface area contributed by atoms with E-state index < -0.39 is 0 Å². The summed E-state index contributed by atoms with van der Waals surface area (Å²) in [5.74, 6) is -0.341. The van der Waals surface area contributed by atoms with Crippen molar-refractivity contribution in [2.45, 2.75) is 12.5 Å². The molecule has 0 aliphatic carbocycles. The van der Waals surface area contributed by atoms with Crippen molar-refractivity contribution < 1.29 is 23.8 Å². The Hall–Kier alpha value is -1.18. The third-order valence-electron chi connectivity index (χ3n) is 2.84. The molecule has 1 unspecified atom stereocenters. The van der Waals surface area contributed by atoms with Crippen molar-refractivity contribution in [1.29, 1.82) is 0 Å². The van der Waals surface area contributed by atoms with Crippen LogP contribution in [0.5, 0.6) is 0 Å². The summed E-state index contributed by atoms with van der Waals surface area (Å²) in [4.78, 5) is 24.8. The van der Waals surface area contributed by atoms with Crippen molar-refractivity contribution in [3.8, 4) is 0 Å². The van der Waals surface area contributed by atoms with E-state index in [-0.39, 0.29) is 24.4 Å². The van der Waals surface area contributed by atoms with Crippen molar-refractivity contribution >= 4 is 11.9 Å². The normalized spacial score (nSPS) is 20.0. The molecule has 0 aromatic rings. The number of morpholine rings is 1. The number of carbonyl (C=O) groups is 2. The molecule has 110 valence electrons. The molecule has 1 aliphatic heterocycles. The van der Waals surface area contributed by atoms with Gasteiger partial charge in [0.15, 0.2) is 0 Å². The smallest absolute Gasteiger partial charge is 0.308 e. The van der Waals surface area contributed by atoms with Crippen LogP contribution in [0.15, 0.2) is 0 Å². The molecule has 19 heavy (non-hydrogen) atoms. The molecule has 1 heterocycles. The van der Waals surface area contributed by atoms with Gasteiger partial charge in [-0.05, 0) is 0 Å². The molecule has 1 fully saturated rings. The number of hydrogen-bond acceptors (Lipinski definition) is 6. The first-order chi connectivity index (χ1) is 9.15. The summed E-state index contributed by atoms with van der Waals surface area (Å²) in [7, 11) is 2.94. The van der Waals surface area contributed by atoms with Gasteiger partial charge in [0, 0.05) is 26.7 Å². The molecular formula is C12H22N2O5. The van der Waals surface area contributed by atoms with E-state index >= 15 is 0 Å².